The van der Waals surface area contributed by atoms with Gasteiger partial charge in [0.05, 0.1) is 6.61 Å². The Morgan fingerprint density at radius 3 is 2.41 bits per heavy atom. The quantitative estimate of drug-likeness (QED) is 0.513. The van der Waals surface area contributed by atoms with Gasteiger partial charge in [0.2, 0.25) is 0 Å². The number of methoxy groups -OCH3 is 1. The maximum Gasteiger partial charge on any atom is 0.306 e. The summed E-state index contributed by atoms with van der Waals surface area (Å²) in [7, 11) is 1.63. The van der Waals surface area contributed by atoms with Crippen molar-refractivity contribution in [3.05, 3.63) is 0 Å². The maximum atomic E-state index is 11.4. The topological polar surface area (TPSA) is 61.5 Å². The van der Waals surface area contributed by atoms with Crippen molar-refractivity contribution in [2.45, 2.75) is 33.1 Å². The first-order chi connectivity index (χ1) is 7.60. The predicted octanol–water partition coefficient (Wildman–Crippen LogP) is 2.00. The highest BCUT2D eigenvalue weighted by Crippen LogP contribution is 2.14. The van der Waals surface area contributed by atoms with Gasteiger partial charge in [-0.05, 0) is 24.8 Å². The highest BCUT2D eigenvalue weighted by molar-refractivity contribution is 5.85. The van der Waals surface area contributed by atoms with Crippen molar-refractivity contribution in [1.82, 2.24) is 0 Å². The van der Waals surface area contributed by atoms with Crippen LogP contribution in [0.5, 0.6) is 0 Å². The number of ether oxygens (including phenoxy) is 2. The summed E-state index contributed by atoms with van der Waals surface area (Å²) in [4.78, 5) is 11.4. The van der Waals surface area contributed by atoms with E-state index in [4.69, 9.17) is 15.2 Å². The van der Waals surface area contributed by atoms with Gasteiger partial charge in [0.1, 0.15) is 0 Å². The van der Waals surface area contributed by atoms with Crippen molar-refractivity contribution in [3.8, 4) is 0 Å². The van der Waals surface area contributed by atoms with Crippen LogP contribution in [-0.2, 0) is 14.3 Å². The van der Waals surface area contributed by atoms with E-state index in [9.17, 15) is 4.79 Å². The fraction of sp³-hybridized carbons (Fsp3) is 0.917. The Morgan fingerprint density at radius 2 is 1.94 bits per heavy atom. The van der Waals surface area contributed by atoms with Crippen molar-refractivity contribution in [3.63, 3.8) is 0 Å². The SMILES string of the molecule is COCCCOC(=O)C[C@@H](CN)CC(C)C.Cl. The summed E-state index contributed by atoms with van der Waals surface area (Å²) in [6.45, 7) is 5.87. The van der Waals surface area contributed by atoms with Crippen LogP contribution in [0.2, 0.25) is 0 Å². The number of carbonyl (C=O) groups excluding carboxylic acids is 1. The zero-order chi connectivity index (χ0) is 12.4. The summed E-state index contributed by atoms with van der Waals surface area (Å²) >= 11 is 0. The number of hydrogen-bond donors (Lipinski definition) is 1. The van der Waals surface area contributed by atoms with Gasteiger partial charge in [0, 0.05) is 26.6 Å². The van der Waals surface area contributed by atoms with Crippen LogP contribution < -0.4 is 5.73 Å². The number of rotatable bonds is 9. The van der Waals surface area contributed by atoms with Gasteiger partial charge in [-0.25, -0.2) is 0 Å². The van der Waals surface area contributed by atoms with Crippen LogP contribution in [0, 0.1) is 11.8 Å². The van der Waals surface area contributed by atoms with Crippen LogP contribution in [0.15, 0.2) is 0 Å². The largest absolute Gasteiger partial charge is 0.466 e. The van der Waals surface area contributed by atoms with Gasteiger partial charge in [-0.3, -0.25) is 4.79 Å². The maximum absolute atomic E-state index is 11.4. The average molecular weight is 268 g/mol. The van der Waals surface area contributed by atoms with Crippen LogP contribution in [0.4, 0.5) is 0 Å². The van der Waals surface area contributed by atoms with Gasteiger partial charge < -0.3 is 15.2 Å². The van der Waals surface area contributed by atoms with Gasteiger partial charge in [0.15, 0.2) is 0 Å². The van der Waals surface area contributed by atoms with Crippen LogP contribution in [0.1, 0.15) is 33.1 Å². The average Bonchev–Trinajstić information content (AvgIpc) is 2.23. The van der Waals surface area contributed by atoms with Crippen LogP contribution in [0.3, 0.4) is 0 Å². The molecule has 0 aromatic heterocycles. The number of halogens is 1. The first-order valence-corrected chi connectivity index (χ1v) is 5.94. The van der Waals surface area contributed by atoms with Gasteiger partial charge in [0.25, 0.3) is 0 Å². The summed E-state index contributed by atoms with van der Waals surface area (Å²) in [5.41, 5.74) is 5.62. The molecule has 0 aromatic rings. The van der Waals surface area contributed by atoms with Gasteiger partial charge >= 0.3 is 5.97 Å². The van der Waals surface area contributed by atoms with E-state index in [-0.39, 0.29) is 24.3 Å². The molecule has 0 bridgehead atoms. The molecule has 0 aromatic carbocycles. The lowest BCUT2D eigenvalue weighted by molar-refractivity contribution is -0.145. The van der Waals surface area contributed by atoms with Crippen LogP contribution in [0.25, 0.3) is 0 Å². The first-order valence-electron chi connectivity index (χ1n) is 5.94. The van der Waals surface area contributed by atoms with E-state index in [1.54, 1.807) is 7.11 Å². The van der Waals surface area contributed by atoms with E-state index in [1.165, 1.54) is 0 Å². The van der Waals surface area contributed by atoms with Gasteiger partial charge in [-0.2, -0.15) is 0 Å². The molecular formula is C12H26ClNO3. The molecule has 0 aliphatic heterocycles. The fourth-order valence-electron chi connectivity index (χ4n) is 1.61. The second-order valence-corrected chi connectivity index (χ2v) is 4.50. The Kier molecular flexibility index (Phi) is 13.6. The highest BCUT2D eigenvalue weighted by Gasteiger charge is 2.14. The second-order valence-electron chi connectivity index (χ2n) is 4.50. The molecule has 0 radical (unpaired) electrons. The summed E-state index contributed by atoms with van der Waals surface area (Å²) < 4.78 is 9.95. The molecule has 0 heterocycles. The molecule has 17 heavy (non-hydrogen) atoms. The van der Waals surface area contributed by atoms with E-state index in [0.717, 1.165) is 12.8 Å². The molecular weight excluding hydrogens is 242 g/mol. The number of nitrogens with two attached hydrogens (primary N) is 1. The zero-order valence-electron chi connectivity index (χ0n) is 11.1. The van der Waals surface area contributed by atoms with Gasteiger partial charge in [-0.1, -0.05) is 13.8 Å². The zero-order valence-corrected chi connectivity index (χ0v) is 11.9. The number of esters is 1. The van der Waals surface area contributed by atoms with E-state index in [1.807, 2.05) is 0 Å². The molecule has 0 unspecified atom stereocenters. The van der Waals surface area contributed by atoms with E-state index in [0.29, 0.717) is 32.1 Å². The molecule has 2 N–H and O–H groups in total. The molecule has 0 amide bonds. The molecule has 0 spiro atoms. The Labute approximate surface area is 111 Å². The third-order valence-corrected chi connectivity index (χ3v) is 2.35. The van der Waals surface area contributed by atoms with Crippen molar-refractivity contribution in [2.75, 3.05) is 26.9 Å². The Hall–Kier alpha value is -0.320. The lowest BCUT2D eigenvalue weighted by Gasteiger charge is -2.16. The van der Waals surface area contributed by atoms with Crippen molar-refractivity contribution >= 4 is 18.4 Å². The van der Waals surface area contributed by atoms with Crippen molar-refractivity contribution in [1.29, 1.82) is 0 Å². The summed E-state index contributed by atoms with van der Waals surface area (Å²) in [5.74, 6) is 0.664. The van der Waals surface area contributed by atoms with E-state index in [2.05, 4.69) is 13.8 Å². The van der Waals surface area contributed by atoms with Crippen LogP contribution in [-0.4, -0.2) is 32.8 Å². The van der Waals surface area contributed by atoms with E-state index >= 15 is 0 Å². The minimum atomic E-state index is -0.146. The molecule has 104 valence electrons. The predicted molar refractivity (Wildman–Crippen MR) is 71.3 cm³/mol. The summed E-state index contributed by atoms with van der Waals surface area (Å²) in [6, 6.07) is 0. The second kappa shape index (κ2) is 12.1. The molecule has 0 fully saturated rings. The summed E-state index contributed by atoms with van der Waals surface area (Å²) in [5, 5.41) is 0. The molecule has 0 aliphatic carbocycles. The normalized spacial score (nSPS) is 12.1. The lowest BCUT2D eigenvalue weighted by atomic mass is 9.94. The van der Waals surface area contributed by atoms with E-state index < -0.39 is 0 Å². The molecule has 5 heteroatoms. The Bertz CT molecular complexity index is 189. The first kappa shape index (κ1) is 19.0. The highest BCUT2D eigenvalue weighted by atomic mass is 35.5. The molecule has 0 saturated heterocycles. The minimum absolute atomic E-state index is 0. The minimum Gasteiger partial charge on any atom is -0.466 e. The molecule has 0 aliphatic rings. The molecule has 0 saturated carbocycles. The van der Waals surface area contributed by atoms with Crippen molar-refractivity contribution in [2.24, 2.45) is 17.6 Å². The molecule has 0 rings (SSSR count). The van der Waals surface area contributed by atoms with Crippen molar-refractivity contribution < 1.29 is 14.3 Å². The Morgan fingerprint density at radius 1 is 1.29 bits per heavy atom. The third kappa shape index (κ3) is 11.9. The molecule has 4 nitrogen and oxygen atoms in total. The van der Waals surface area contributed by atoms with Crippen LogP contribution >= 0.6 is 12.4 Å². The summed E-state index contributed by atoms with van der Waals surface area (Å²) in [6.07, 6.45) is 2.16. The smallest absolute Gasteiger partial charge is 0.306 e. The van der Waals surface area contributed by atoms with Gasteiger partial charge in [-0.15, -0.1) is 12.4 Å². The fourth-order valence-corrected chi connectivity index (χ4v) is 1.61. The third-order valence-electron chi connectivity index (χ3n) is 2.35. The molecule has 1 atom stereocenters. The lowest BCUT2D eigenvalue weighted by Crippen LogP contribution is -2.21. The number of hydrogen-bond acceptors (Lipinski definition) is 4. The monoisotopic (exact) mass is 267 g/mol. The number of carbonyl (C=O) groups is 1. The standard InChI is InChI=1S/C12H25NO3.ClH/c1-10(2)7-11(9-13)8-12(14)16-6-4-5-15-3;/h10-11H,4-9,13H2,1-3H3;1H/t11-;/m0./s1. The Balaban J connectivity index is 0.